The monoisotopic (exact) mass is 460 g/mol. The summed E-state index contributed by atoms with van der Waals surface area (Å²) in [7, 11) is 0. The fraction of sp³-hybridized carbons (Fsp3) is 0.333. The molecule has 0 saturated carbocycles. The lowest BCUT2D eigenvalue weighted by Crippen LogP contribution is -2.60. The molecule has 2 aliphatic heterocycles. The highest BCUT2D eigenvalue weighted by Gasteiger charge is 2.56. The van der Waals surface area contributed by atoms with Gasteiger partial charge in [0.25, 0.3) is 0 Å². The first-order valence-corrected chi connectivity index (χ1v) is 12.3. The quantitative estimate of drug-likeness (QED) is 0.402. The van der Waals surface area contributed by atoms with Gasteiger partial charge in [-0.2, -0.15) is 4.98 Å². The van der Waals surface area contributed by atoms with Gasteiger partial charge in [-0.05, 0) is 26.3 Å². The van der Waals surface area contributed by atoms with Gasteiger partial charge in [0, 0.05) is 23.4 Å². The Hall–Kier alpha value is -2.64. The number of allylic oxidation sites excluding steroid dienone is 2. The van der Waals surface area contributed by atoms with E-state index >= 15 is 0 Å². The molecular formula is C27H30N3O2S+. The van der Waals surface area contributed by atoms with Gasteiger partial charge in [-0.1, -0.05) is 83.5 Å². The fourth-order valence-electron chi connectivity index (χ4n) is 4.69. The van der Waals surface area contributed by atoms with Crippen molar-refractivity contribution in [2.24, 2.45) is 5.10 Å². The van der Waals surface area contributed by atoms with Gasteiger partial charge in [0.15, 0.2) is 11.8 Å². The Bertz CT molecular complexity index is 1180. The van der Waals surface area contributed by atoms with E-state index in [-0.39, 0.29) is 12.1 Å². The standard InChI is InChI=1S/C27H30N3O2S/c1-5-22-15-16-28-30(22,26-29-23(18-33-26)20-13-11-19(2)12-14-20)24-17-31-27(3,4)32-25(24)21-9-7-6-8-10-21/h6-16,18,24-25H,5,17H2,1-4H3/q+1. The van der Waals surface area contributed by atoms with Crippen molar-refractivity contribution >= 4 is 22.7 Å². The van der Waals surface area contributed by atoms with Gasteiger partial charge in [0.1, 0.15) is 18.4 Å². The van der Waals surface area contributed by atoms with E-state index in [1.807, 2.05) is 26.1 Å². The predicted molar refractivity (Wildman–Crippen MR) is 135 cm³/mol. The van der Waals surface area contributed by atoms with E-state index in [4.69, 9.17) is 19.6 Å². The van der Waals surface area contributed by atoms with Crippen LogP contribution in [0.25, 0.3) is 11.3 Å². The van der Waals surface area contributed by atoms with Crippen LogP contribution in [0.4, 0.5) is 5.13 Å². The molecule has 1 saturated heterocycles. The first kappa shape index (κ1) is 22.2. The maximum atomic E-state index is 6.57. The molecular weight excluding hydrogens is 430 g/mol. The molecule has 0 bridgehead atoms. The molecule has 6 heteroatoms. The molecule has 2 aromatic carbocycles. The van der Waals surface area contributed by atoms with E-state index in [0.717, 1.165) is 28.4 Å². The van der Waals surface area contributed by atoms with Gasteiger partial charge in [0.2, 0.25) is 0 Å². The van der Waals surface area contributed by atoms with Crippen LogP contribution in [0.15, 0.2) is 76.9 Å². The van der Waals surface area contributed by atoms with E-state index in [9.17, 15) is 0 Å². The SMILES string of the molecule is CCC1=CC=N[N+]1(c1nc(-c2ccc(C)cc2)cs1)C1COC(C)(C)OC1c1ccccc1. The van der Waals surface area contributed by atoms with E-state index in [1.165, 1.54) is 11.3 Å². The topological polar surface area (TPSA) is 43.7 Å². The highest BCUT2D eigenvalue weighted by atomic mass is 32.1. The summed E-state index contributed by atoms with van der Waals surface area (Å²) in [5, 5.41) is 8.13. The molecule has 3 aromatic rings. The second kappa shape index (κ2) is 8.61. The number of ether oxygens (including phenoxy) is 2. The van der Waals surface area contributed by atoms with Crippen molar-refractivity contribution in [1.29, 1.82) is 0 Å². The van der Waals surface area contributed by atoms with Gasteiger partial charge in [-0.3, -0.25) is 0 Å². The van der Waals surface area contributed by atoms with Crippen molar-refractivity contribution in [3.63, 3.8) is 0 Å². The molecule has 2 aliphatic rings. The predicted octanol–water partition coefficient (Wildman–Crippen LogP) is 6.61. The fourth-order valence-corrected chi connectivity index (χ4v) is 5.71. The number of thiazole rings is 1. The van der Waals surface area contributed by atoms with Crippen LogP contribution in [0.1, 0.15) is 44.4 Å². The average molecular weight is 461 g/mol. The molecule has 5 nitrogen and oxygen atoms in total. The highest BCUT2D eigenvalue weighted by Crippen LogP contribution is 2.47. The van der Waals surface area contributed by atoms with E-state index in [1.54, 1.807) is 11.3 Å². The minimum absolute atomic E-state index is 0.0950. The summed E-state index contributed by atoms with van der Waals surface area (Å²) in [5.74, 6) is -0.670. The second-order valence-electron chi connectivity index (χ2n) is 9.07. The zero-order chi connectivity index (χ0) is 23.1. The van der Waals surface area contributed by atoms with Crippen LogP contribution in [0.3, 0.4) is 0 Å². The lowest BCUT2D eigenvalue weighted by atomic mass is 9.98. The van der Waals surface area contributed by atoms with Crippen molar-refractivity contribution in [2.75, 3.05) is 6.61 Å². The van der Waals surface area contributed by atoms with Gasteiger partial charge in [-0.25, -0.2) is 0 Å². The number of hydrogen-bond donors (Lipinski definition) is 0. The van der Waals surface area contributed by atoms with Gasteiger partial charge < -0.3 is 9.47 Å². The molecule has 3 atom stereocenters. The highest BCUT2D eigenvalue weighted by molar-refractivity contribution is 7.13. The third kappa shape index (κ3) is 3.97. The smallest absolute Gasteiger partial charge is 0.318 e. The van der Waals surface area contributed by atoms with Gasteiger partial charge >= 0.3 is 5.13 Å². The second-order valence-corrected chi connectivity index (χ2v) is 9.91. The minimum Gasteiger partial charge on any atom is -0.344 e. The summed E-state index contributed by atoms with van der Waals surface area (Å²) in [6.07, 6.45) is 4.70. The van der Waals surface area contributed by atoms with Crippen LogP contribution in [-0.2, 0) is 9.47 Å². The molecule has 33 heavy (non-hydrogen) atoms. The number of hydrogen-bond acceptors (Lipinski definition) is 5. The number of benzene rings is 2. The van der Waals surface area contributed by atoms with Crippen LogP contribution in [0, 0.1) is 6.92 Å². The molecule has 1 aromatic heterocycles. The lowest BCUT2D eigenvalue weighted by Gasteiger charge is -2.46. The summed E-state index contributed by atoms with van der Waals surface area (Å²) in [6, 6.07) is 18.8. The Kier molecular flexibility index (Phi) is 5.79. The number of rotatable bonds is 5. The summed E-state index contributed by atoms with van der Waals surface area (Å²) >= 11 is 1.65. The summed E-state index contributed by atoms with van der Waals surface area (Å²) in [5.41, 5.74) is 5.65. The lowest BCUT2D eigenvalue weighted by molar-refractivity contribution is -0.294. The molecule has 3 unspecified atom stereocenters. The molecule has 0 amide bonds. The Morgan fingerprint density at radius 3 is 2.58 bits per heavy atom. The molecule has 170 valence electrons. The largest absolute Gasteiger partial charge is 0.344 e. The maximum absolute atomic E-state index is 6.57. The Balaban J connectivity index is 1.62. The van der Waals surface area contributed by atoms with Crippen LogP contribution in [0.5, 0.6) is 0 Å². The minimum atomic E-state index is -0.670. The first-order valence-electron chi connectivity index (χ1n) is 11.5. The Morgan fingerprint density at radius 2 is 1.85 bits per heavy atom. The van der Waals surface area contributed by atoms with Crippen LogP contribution >= 0.6 is 11.3 Å². The van der Waals surface area contributed by atoms with Gasteiger partial charge in [-0.15, -0.1) is 4.59 Å². The Morgan fingerprint density at radius 1 is 1.09 bits per heavy atom. The van der Waals surface area contributed by atoms with Crippen molar-refractivity contribution < 1.29 is 9.47 Å². The molecule has 1 fully saturated rings. The number of aromatic nitrogens is 1. The van der Waals surface area contributed by atoms with Crippen molar-refractivity contribution in [1.82, 2.24) is 9.58 Å². The first-order chi connectivity index (χ1) is 15.9. The van der Waals surface area contributed by atoms with E-state index in [2.05, 4.69) is 73.8 Å². The normalized spacial score (nSPS) is 26.4. The maximum Gasteiger partial charge on any atom is 0.318 e. The van der Waals surface area contributed by atoms with Gasteiger partial charge in [0.05, 0.1) is 11.9 Å². The third-order valence-electron chi connectivity index (χ3n) is 6.42. The van der Waals surface area contributed by atoms with Crippen LogP contribution in [-0.4, -0.2) is 29.6 Å². The van der Waals surface area contributed by atoms with Crippen molar-refractivity contribution in [2.45, 2.75) is 52.0 Å². The zero-order valence-corrected chi connectivity index (χ0v) is 20.4. The number of nitrogens with zero attached hydrogens (tertiary/aromatic N) is 3. The molecule has 0 aliphatic carbocycles. The number of quaternary nitrogens is 1. The summed E-state index contributed by atoms with van der Waals surface area (Å²) in [4.78, 5) is 5.13. The van der Waals surface area contributed by atoms with E-state index in [0.29, 0.717) is 11.2 Å². The third-order valence-corrected chi connectivity index (χ3v) is 7.34. The van der Waals surface area contributed by atoms with Crippen LogP contribution in [0.2, 0.25) is 0 Å². The summed E-state index contributed by atoms with van der Waals surface area (Å²) in [6.45, 7) is 8.75. The summed E-state index contributed by atoms with van der Waals surface area (Å²) < 4.78 is 13.1. The van der Waals surface area contributed by atoms with Crippen molar-refractivity contribution in [3.05, 3.63) is 82.9 Å². The Labute approximate surface area is 199 Å². The van der Waals surface area contributed by atoms with Crippen LogP contribution < -0.4 is 4.59 Å². The van der Waals surface area contributed by atoms with Crippen molar-refractivity contribution in [3.8, 4) is 11.3 Å². The zero-order valence-electron chi connectivity index (χ0n) is 19.6. The molecule has 0 radical (unpaired) electrons. The molecule has 0 spiro atoms. The van der Waals surface area contributed by atoms with E-state index < -0.39 is 5.79 Å². The molecule has 0 N–H and O–H groups in total. The number of aryl methyl sites for hydroxylation is 1. The molecule has 5 rings (SSSR count). The molecule has 3 heterocycles. The average Bonchev–Trinajstić information content (AvgIpc) is 3.47.